The summed E-state index contributed by atoms with van der Waals surface area (Å²) in [6.07, 6.45) is 11.7. The number of unbranched alkanes of at least 4 members (excludes halogenated alkanes) is 10. The van der Waals surface area contributed by atoms with Gasteiger partial charge in [-0.3, -0.25) is 4.79 Å². The highest BCUT2D eigenvalue weighted by Gasteiger charge is 2.18. The first-order valence-electron chi connectivity index (χ1n) is 8.65. The molecule has 0 bridgehead atoms. The van der Waals surface area contributed by atoms with Crippen molar-refractivity contribution < 1.29 is 24.5 Å². The molecule has 0 aromatic rings. The fourth-order valence-corrected chi connectivity index (χ4v) is 2.24. The zero-order valence-electron chi connectivity index (χ0n) is 13.9. The predicted octanol–water partition coefficient (Wildman–Crippen LogP) is 3.11. The topological polar surface area (TPSA) is 83.8 Å². The Hall–Kier alpha value is -0.940. The minimum Gasteiger partial charge on any atom is -0.393 e. The summed E-state index contributed by atoms with van der Waals surface area (Å²) < 4.78 is 4.41. The second-order valence-corrected chi connectivity index (χ2v) is 5.78. The first-order valence-corrected chi connectivity index (χ1v) is 8.65. The van der Waals surface area contributed by atoms with Gasteiger partial charge in [0.1, 0.15) is 0 Å². The quantitative estimate of drug-likeness (QED) is 0.292. The number of aliphatic hydroxyl groups is 2. The molecule has 22 heavy (non-hydrogen) atoms. The lowest BCUT2D eigenvalue weighted by Gasteiger charge is -2.06. The molecule has 1 atom stereocenters. The minimum absolute atomic E-state index is 0.181. The van der Waals surface area contributed by atoms with Crippen molar-refractivity contribution in [3.8, 4) is 0 Å². The van der Waals surface area contributed by atoms with Crippen molar-refractivity contribution in [1.82, 2.24) is 0 Å². The SMILES string of the molecule is CCCCCCCCCCCCCC(=O)OC(=O)C(O)CO. The molecule has 0 rings (SSSR count). The highest BCUT2D eigenvalue weighted by Crippen LogP contribution is 2.12. The van der Waals surface area contributed by atoms with E-state index in [1.807, 2.05) is 0 Å². The molecule has 5 nitrogen and oxygen atoms in total. The van der Waals surface area contributed by atoms with E-state index in [1.165, 1.54) is 51.4 Å². The van der Waals surface area contributed by atoms with E-state index >= 15 is 0 Å². The summed E-state index contributed by atoms with van der Waals surface area (Å²) in [7, 11) is 0. The van der Waals surface area contributed by atoms with Gasteiger partial charge in [0, 0.05) is 6.42 Å². The Morgan fingerprint density at radius 2 is 1.32 bits per heavy atom. The Labute approximate surface area is 134 Å². The van der Waals surface area contributed by atoms with Crippen molar-refractivity contribution in [3.05, 3.63) is 0 Å². The lowest BCUT2D eigenvalue weighted by Crippen LogP contribution is -2.28. The predicted molar refractivity (Wildman–Crippen MR) is 85.3 cm³/mol. The normalized spacial score (nSPS) is 12.1. The maximum absolute atomic E-state index is 11.3. The van der Waals surface area contributed by atoms with Gasteiger partial charge in [-0.2, -0.15) is 0 Å². The number of hydrogen-bond donors (Lipinski definition) is 2. The summed E-state index contributed by atoms with van der Waals surface area (Å²) in [5.41, 5.74) is 0. The Kier molecular flexibility index (Phi) is 14.3. The fraction of sp³-hybridized carbons (Fsp3) is 0.882. The molecular formula is C17H32O5. The third-order valence-electron chi connectivity index (χ3n) is 3.64. The van der Waals surface area contributed by atoms with E-state index in [9.17, 15) is 9.59 Å². The molecule has 0 amide bonds. The lowest BCUT2D eigenvalue weighted by atomic mass is 10.1. The van der Waals surface area contributed by atoms with Crippen LogP contribution >= 0.6 is 0 Å². The Morgan fingerprint density at radius 1 is 0.864 bits per heavy atom. The van der Waals surface area contributed by atoms with Crippen molar-refractivity contribution in [3.63, 3.8) is 0 Å². The number of hydrogen-bond acceptors (Lipinski definition) is 5. The molecular weight excluding hydrogens is 284 g/mol. The van der Waals surface area contributed by atoms with Gasteiger partial charge in [0.05, 0.1) is 6.61 Å². The van der Waals surface area contributed by atoms with E-state index in [1.54, 1.807) is 0 Å². The van der Waals surface area contributed by atoms with Crippen LogP contribution in [0.25, 0.3) is 0 Å². The average molecular weight is 316 g/mol. The van der Waals surface area contributed by atoms with Gasteiger partial charge in [0.15, 0.2) is 6.10 Å². The summed E-state index contributed by atoms with van der Waals surface area (Å²) in [6.45, 7) is 1.49. The van der Waals surface area contributed by atoms with Crippen LogP contribution in [0.5, 0.6) is 0 Å². The molecule has 0 radical (unpaired) electrons. The lowest BCUT2D eigenvalue weighted by molar-refractivity contribution is -0.167. The van der Waals surface area contributed by atoms with Crippen LogP contribution in [0.1, 0.15) is 84.0 Å². The molecule has 0 spiro atoms. The van der Waals surface area contributed by atoms with Crippen LogP contribution in [-0.2, 0) is 14.3 Å². The van der Waals surface area contributed by atoms with Crippen molar-refractivity contribution >= 4 is 11.9 Å². The Bertz CT molecular complexity index is 291. The van der Waals surface area contributed by atoms with E-state index in [-0.39, 0.29) is 6.42 Å². The van der Waals surface area contributed by atoms with Gasteiger partial charge in [-0.15, -0.1) is 0 Å². The van der Waals surface area contributed by atoms with Crippen LogP contribution < -0.4 is 0 Å². The molecule has 2 N–H and O–H groups in total. The molecule has 0 fully saturated rings. The van der Waals surface area contributed by atoms with E-state index in [2.05, 4.69) is 11.7 Å². The second kappa shape index (κ2) is 15.0. The molecule has 0 aliphatic rings. The van der Waals surface area contributed by atoms with Crippen molar-refractivity contribution in [2.75, 3.05) is 6.61 Å². The van der Waals surface area contributed by atoms with Crippen molar-refractivity contribution in [1.29, 1.82) is 0 Å². The van der Waals surface area contributed by atoms with Gasteiger partial charge >= 0.3 is 11.9 Å². The molecule has 5 heteroatoms. The summed E-state index contributed by atoms with van der Waals surface area (Å²) in [5, 5.41) is 17.5. The smallest absolute Gasteiger partial charge is 0.345 e. The number of aliphatic hydroxyl groups excluding tert-OH is 2. The van der Waals surface area contributed by atoms with E-state index < -0.39 is 24.6 Å². The fourth-order valence-electron chi connectivity index (χ4n) is 2.24. The number of ether oxygens (including phenoxy) is 1. The summed E-state index contributed by atoms with van der Waals surface area (Å²) in [6, 6.07) is 0. The molecule has 0 heterocycles. The molecule has 0 aromatic heterocycles. The average Bonchev–Trinajstić information content (AvgIpc) is 2.51. The van der Waals surface area contributed by atoms with Gasteiger partial charge < -0.3 is 14.9 Å². The van der Waals surface area contributed by atoms with Gasteiger partial charge in [-0.25, -0.2) is 4.79 Å². The second-order valence-electron chi connectivity index (χ2n) is 5.78. The number of carbonyl (C=O) groups is 2. The van der Waals surface area contributed by atoms with Gasteiger partial charge in [0.2, 0.25) is 0 Å². The van der Waals surface area contributed by atoms with Gasteiger partial charge in [0.25, 0.3) is 0 Å². The summed E-state index contributed by atoms with van der Waals surface area (Å²) in [4.78, 5) is 22.3. The highest BCUT2D eigenvalue weighted by molar-refractivity contribution is 5.87. The van der Waals surface area contributed by atoms with Crippen molar-refractivity contribution in [2.24, 2.45) is 0 Å². The maximum atomic E-state index is 11.3. The molecule has 0 saturated heterocycles. The first kappa shape index (κ1) is 21.1. The minimum atomic E-state index is -1.62. The third kappa shape index (κ3) is 12.8. The first-order chi connectivity index (χ1) is 10.6. The van der Waals surface area contributed by atoms with Crippen LogP contribution in [0.15, 0.2) is 0 Å². The maximum Gasteiger partial charge on any atom is 0.345 e. The number of rotatable bonds is 14. The zero-order valence-corrected chi connectivity index (χ0v) is 13.9. The van der Waals surface area contributed by atoms with E-state index in [4.69, 9.17) is 10.2 Å². The molecule has 0 saturated carbocycles. The number of carbonyl (C=O) groups excluding carboxylic acids is 2. The van der Waals surface area contributed by atoms with Crippen LogP contribution in [0, 0.1) is 0 Å². The third-order valence-corrected chi connectivity index (χ3v) is 3.64. The highest BCUT2D eigenvalue weighted by atomic mass is 16.6. The van der Waals surface area contributed by atoms with Gasteiger partial charge in [-0.1, -0.05) is 71.1 Å². The zero-order chi connectivity index (χ0) is 16.6. The largest absolute Gasteiger partial charge is 0.393 e. The monoisotopic (exact) mass is 316 g/mol. The van der Waals surface area contributed by atoms with E-state index in [0.717, 1.165) is 12.8 Å². The molecule has 1 unspecified atom stereocenters. The molecule has 0 aliphatic carbocycles. The molecule has 0 aliphatic heterocycles. The van der Waals surface area contributed by atoms with Gasteiger partial charge in [-0.05, 0) is 6.42 Å². The Morgan fingerprint density at radius 3 is 1.77 bits per heavy atom. The summed E-state index contributed by atoms with van der Waals surface area (Å²) in [5.74, 6) is -1.70. The molecule has 130 valence electrons. The number of esters is 2. The van der Waals surface area contributed by atoms with Crippen LogP contribution in [0.3, 0.4) is 0 Å². The van der Waals surface area contributed by atoms with E-state index in [0.29, 0.717) is 6.42 Å². The van der Waals surface area contributed by atoms with Crippen molar-refractivity contribution in [2.45, 2.75) is 90.1 Å². The molecule has 0 aromatic carbocycles. The van der Waals surface area contributed by atoms with Crippen LogP contribution in [-0.4, -0.2) is 34.9 Å². The Balaban J connectivity index is 3.32. The van der Waals surface area contributed by atoms with Crippen LogP contribution in [0.2, 0.25) is 0 Å². The standard InChI is InChI=1S/C17H32O5/c1-2-3-4-5-6-7-8-9-10-11-12-13-16(20)22-17(21)15(19)14-18/h15,18-19H,2-14H2,1H3. The summed E-state index contributed by atoms with van der Waals surface area (Å²) >= 11 is 0. The van der Waals surface area contributed by atoms with Crippen LogP contribution in [0.4, 0.5) is 0 Å².